The second-order valence-corrected chi connectivity index (χ2v) is 13.7. The first-order valence-corrected chi connectivity index (χ1v) is 15.2. The lowest BCUT2D eigenvalue weighted by Crippen LogP contribution is -2.28. The number of fused-ring (bicyclic) bond motifs is 5. The zero-order valence-corrected chi connectivity index (χ0v) is 25.9. The van der Waals surface area contributed by atoms with Gasteiger partial charge in [-0.3, -0.25) is 0 Å². The molecule has 0 aliphatic heterocycles. The quantitative estimate of drug-likeness (QED) is 0.212. The summed E-state index contributed by atoms with van der Waals surface area (Å²) in [6.45, 7) is 12.5. The standard InChI is InChI=1S/C41H38O2/c1-39(2,3)42-33-21-17-27-23-31(19-15-29(27)25-33)41(37-13-9-7-11-35(37)36-12-8-10-14-38(36)41)32-20-16-30-26-34(43-40(4,5)6)22-18-28(30)24-32/h7-26H,1-6H3. The molecule has 1 aliphatic carbocycles. The summed E-state index contributed by atoms with van der Waals surface area (Å²) >= 11 is 0. The van der Waals surface area contributed by atoms with Crippen LogP contribution in [0.25, 0.3) is 32.7 Å². The first-order chi connectivity index (χ1) is 20.5. The summed E-state index contributed by atoms with van der Waals surface area (Å²) in [4.78, 5) is 0. The lowest BCUT2D eigenvalue weighted by atomic mass is 9.67. The van der Waals surface area contributed by atoms with Crippen LogP contribution in [0.2, 0.25) is 0 Å². The zero-order chi connectivity index (χ0) is 30.0. The third-order valence-electron chi connectivity index (χ3n) is 8.29. The van der Waals surface area contributed by atoms with E-state index in [2.05, 4.69) is 163 Å². The minimum Gasteiger partial charge on any atom is -0.488 e. The zero-order valence-electron chi connectivity index (χ0n) is 25.9. The molecule has 0 radical (unpaired) electrons. The smallest absolute Gasteiger partial charge is 0.120 e. The number of hydrogen-bond donors (Lipinski definition) is 0. The van der Waals surface area contributed by atoms with Crippen LogP contribution in [0.5, 0.6) is 11.5 Å². The van der Waals surface area contributed by atoms with Gasteiger partial charge in [0.25, 0.3) is 0 Å². The van der Waals surface area contributed by atoms with Gasteiger partial charge in [0.15, 0.2) is 0 Å². The SMILES string of the molecule is CC(C)(C)Oc1ccc2cc(C3(c4ccc5cc(OC(C)(C)C)ccc5c4)c4ccccc4-c4ccccc43)ccc2c1. The van der Waals surface area contributed by atoms with Gasteiger partial charge in [0.05, 0.1) is 5.41 Å². The monoisotopic (exact) mass is 562 g/mol. The number of ether oxygens (including phenoxy) is 2. The van der Waals surface area contributed by atoms with E-state index in [1.165, 1.54) is 54.9 Å². The van der Waals surface area contributed by atoms with Crippen LogP contribution in [0.15, 0.2) is 121 Å². The Morgan fingerprint density at radius 1 is 0.419 bits per heavy atom. The molecule has 0 saturated heterocycles. The van der Waals surface area contributed by atoms with Gasteiger partial charge in [-0.15, -0.1) is 0 Å². The molecule has 43 heavy (non-hydrogen) atoms. The van der Waals surface area contributed by atoms with Crippen LogP contribution in [-0.2, 0) is 5.41 Å². The average Bonchev–Trinajstić information content (AvgIpc) is 3.26. The molecule has 0 atom stereocenters. The minimum absolute atomic E-state index is 0.245. The van der Waals surface area contributed by atoms with E-state index in [9.17, 15) is 0 Å². The fourth-order valence-electron chi connectivity index (χ4n) is 6.77. The van der Waals surface area contributed by atoms with Gasteiger partial charge in [0.2, 0.25) is 0 Å². The van der Waals surface area contributed by atoms with Gasteiger partial charge in [0.1, 0.15) is 22.7 Å². The predicted molar refractivity (Wildman–Crippen MR) is 180 cm³/mol. The Morgan fingerprint density at radius 2 is 0.791 bits per heavy atom. The molecule has 7 rings (SSSR count). The largest absolute Gasteiger partial charge is 0.488 e. The van der Waals surface area contributed by atoms with Crippen molar-refractivity contribution >= 4 is 21.5 Å². The molecular formula is C41H38O2. The maximum Gasteiger partial charge on any atom is 0.120 e. The summed E-state index contributed by atoms with van der Waals surface area (Å²) in [6.07, 6.45) is 0. The van der Waals surface area contributed by atoms with Crippen LogP contribution in [0.1, 0.15) is 63.8 Å². The molecular weight excluding hydrogens is 524 g/mol. The van der Waals surface area contributed by atoms with Gasteiger partial charge in [-0.2, -0.15) is 0 Å². The highest BCUT2D eigenvalue weighted by molar-refractivity contribution is 5.92. The van der Waals surface area contributed by atoms with E-state index in [0.717, 1.165) is 11.5 Å². The average molecular weight is 563 g/mol. The van der Waals surface area contributed by atoms with Crippen LogP contribution in [-0.4, -0.2) is 11.2 Å². The van der Waals surface area contributed by atoms with Crippen molar-refractivity contribution in [1.82, 2.24) is 0 Å². The topological polar surface area (TPSA) is 18.5 Å². The number of rotatable bonds is 4. The molecule has 0 spiro atoms. The molecule has 0 fully saturated rings. The van der Waals surface area contributed by atoms with Crippen LogP contribution in [0, 0.1) is 0 Å². The molecule has 0 amide bonds. The van der Waals surface area contributed by atoms with Crippen LogP contribution >= 0.6 is 0 Å². The van der Waals surface area contributed by atoms with Crippen molar-refractivity contribution in [2.75, 3.05) is 0 Å². The predicted octanol–water partition coefficient (Wildman–Crippen LogP) is 10.7. The maximum atomic E-state index is 6.19. The van der Waals surface area contributed by atoms with E-state index >= 15 is 0 Å². The van der Waals surface area contributed by atoms with Crippen molar-refractivity contribution in [3.63, 3.8) is 0 Å². The third kappa shape index (κ3) is 4.76. The van der Waals surface area contributed by atoms with Gasteiger partial charge < -0.3 is 9.47 Å². The van der Waals surface area contributed by atoms with Gasteiger partial charge >= 0.3 is 0 Å². The third-order valence-corrected chi connectivity index (χ3v) is 8.29. The van der Waals surface area contributed by atoms with Crippen molar-refractivity contribution in [3.05, 3.63) is 144 Å². The summed E-state index contributed by atoms with van der Waals surface area (Å²) in [7, 11) is 0. The highest BCUT2D eigenvalue weighted by Crippen LogP contribution is 2.56. The number of benzene rings is 6. The van der Waals surface area contributed by atoms with Gasteiger partial charge in [0, 0.05) is 0 Å². The molecule has 0 unspecified atom stereocenters. The van der Waals surface area contributed by atoms with Crippen molar-refractivity contribution in [2.45, 2.75) is 58.2 Å². The molecule has 2 heteroatoms. The fraction of sp³-hybridized carbons (Fsp3) is 0.220. The van der Waals surface area contributed by atoms with E-state index < -0.39 is 5.41 Å². The Bertz CT molecular complexity index is 1850. The summed E-state index contributed by atoms with van der Waals surface area (Å²) in [5.41, 5.74) is 6.78. The van der Waals surface area contributed by atoms with Gasteiger partial charge in [-0.05, 0) is 133 Å². The minimum atomic E-state index is -0.462. The van der Waals surface area contributed by atoms with Gasteiger partial charge in [-0.25, -0.2) is 0 Å². The van der Waals surface area contributed by atoms with Crippen molar-refractivity contribution in [1.29, 1.82) is 0 Å². The van der Waals surface area contributed by atoms with E-state index in [4.69, 9.17) is 9.47 Å². The molecule has 6 aromatic carbocycles. The Hall–Kier alpha value is -4.56. The molecule has 0 saturated carbocycles. The van der Waals surface area contributed by atoms with Crippen molar-refractivity contribution in [3.8, 4) is 22.6 Å². The number of hydrogen-bond acceptors (Lipinski definition) is 2. The maximum absolute atomic E-state index is 6.19. The summed E-state index contributed by atoms with van der Waals surface area (Å²) in [5, 5.41) is 4.74. The second kappa shape index (κ2) is 9.74. The molecule has 0 bridgehead atoms. The summed E-state index contributed by atoms with van der Waals surface area (Å²) in [6, 6.07) is 44.6. The summed E-state index contributed by atoms with van der Waals surface area (Å²) in [5.74, 6) is 1.78. The van der Waals surface area contributed by atoms with Crippen LogP contribution in [0.4, 0.5) is 0 Å². The molecule has 0 aromatic heterocycles. The first kappa shape index (κ1) is 27.3. The molecule has 1 aliphatic rings. The Kier molecular flexibility index (Phi) is 6.18. The van der Waals surface area contributed by atoms with Crippen molar-refractivity contribution in [2.24, 2.45) is 0 Å². The Labute approximate surface area is 254 Å². The second-order valence-electron chi connectivity index (χ2n) is 13.7. The van der Waals surface area contributed by atoms with E-state index in [1.807, 2.05) is 0 Å². The first-order valence-electron chi connectivity index (χ1n) is 15.2. The van der Waals surface area contributed by atoms with Gasteiger partial charge in [-0.1, -0.05) is 84.9 Å². The van der Waals surface area contributed by atoms with E-state index in [1.54, 1.807) is 0 Å². The molecule has 6 aromatic rings. The van der Waals surface area contributed by atoms with Crippen LogP contribution < -0.4 is 9.47 Å². The normalized spacial score (nSPS) is 14.0. The molecule has 0 N–H and O–H groups in total. The lowest BCUT2D eigenvalue weighted by Gasteiger charge is -2.34. The van der Waals surface area contributed by atoms with Crippen LogP contribution in [0.3, 0.4) is 0 Å². The lowest BCUT2D eigenvalue weighted by molar-refractivity contribution is 0.130. The Balaban J connectivity index is 1.46. The molecule has 2 nitrogen and oxygen atoms in total. The molecule has 0 heterocycles. The van der Waals surface area contributed by atoms with E-state index in [-0.39, 0.29) is 11.2 Å². The summed E-state index contributed by atoms with van der Waals surface area (Å²) < 4.78 is 12.4. The van der Waals surface area contributed by atoms with E-state index in [0.29, 0.717) is 0 Å². The molecule has 214 valence electrons. The van der Waals surface area contributed by atoms with Crippen molar-refractivity contribution < 1.29 is 9.47 Å². The Morgan fingerprint density at radius 3 is 1.21 bits per heavy atom. The highest BCUT2D eigenvalue weighted by atomic mass is 16.5. The fourth-order valence-corrected chi connectivity index (χ4v) is 6.77. The highest BCUT2D eigenvalue weighted by Gasteiger charge is 2.46.